The van der Waals surface area contributed by atoms with Gasteiger partial charge in [-0.25, -0.2) is 13.8 Å². The Morgan fingerprint density at radius 3 is 2.27 bits per heavy atom. The van der Waals surface area contributed by atoms with Gasteiger partial charge in [0.15, 0.2) is 5.69 Å². The molecular weight excluding hydrogens is 243 g/mol. The molecule has 0 unspecified atom stereocenters. The van der Waals surface area contributed by atoms with E-state index in [1.807, 2.05) is 0 Å². The van der Waals surface area contributed by atoms with E-state index in [1.165, 1.54) is 0 Å². The Bertz CT molecular complexity index is 376. The van der Waals surface area contributed by atoms with Crippen molar-refractivity contribution >= 4 is 17.3 Å². The quantitative estimate of drug-likeness (QED) is 0.773. The monoisotopic (exact) mass is 246 g/mol. The van der Waals surface area contributed by atoms with E-state index in [-0.39, 0.29) is 0 Å². The number of halogens is 6. The molecule has 0 aliphatic rings. The second kappa shape index (κ2) is 3.80. The predicted octanol–water partition coefficient (Wildman–Crippen LogP) is 3.27. The number of nitrogens with two attached hydrogens (primary N) is 1. The molecule has 15 heavy (non-hydrogen) atoms. The average Bonchev–Trinajstić information content (AvgIpc) is 2.06. The summed E-state index contributed by atoms with van der Waals surface area (Å²) in [4.78, 5) is 2.72. The minimum atomic E-state index is -4.90. The number of nitrogen functional groups attached to an aromatic ring is 1. The van der Waals surface area contributed by atoms with Crippen LogP contribution in [0.1, 0.15) is 17.8 Å². The van der Waals surface area contributed by atoms with Crippen molar-refractivity contribution in [2.45, 2.75) is 12.6 Å². The molecule has 2 nitrogen and oxygen atoms in total. The van der Waals surface area contributed by atoms with E-state index in [4.69, 9.17) is 17.3 Å². The minimum Gasteiger partial charge on any atom is -0.396 e. The normalized spacial score (nSPS) is 12.2. The van der Waals surface area contributed by atoms with Crippen molar-refractivity contribution in [1.82, 2.24) is 4.98 Å². The van der Waals surface area contributed by atoms with Crippen molar-refractivity contribution < 1.29 is 22.0 Å². The highest BCUT2D eigenvalue weighted by molar-refractivity contribution is 6.33. The Labute approximate surface area is 85.9 Å². The molecule has 0 aliphatic carbocycles. The Balaban J connectivity index is 3.38. The first-order chi connectivity index (χ1) is 6.73. The highest BCUT2D eigenvalue weighted by Crippen LogP contribution is 2.37. The van der Waals surface area contributed by atoms with Crippen LogP contribution in [0.3, 0.4) is 0 Å². The van der Waals surface area contributed by atoms with Gasteiger partial charge in [-0.2, -0.15) is 13.2 Å². The molecule has 0 saturated carbocycles. The highest BCUT2D eigenvalue weighted by atomic mass is 35.5. The fraction of sp³-hybridized carbons (Fsp3) is 0.286. The van der Waals surface area contributed by atoms with Gasteiger partial charge in [0.2, 0.25) is 0 Å². The van der Waals surface area contributed by atoms with Gasteiger partial charge in [-0.05, 0) is 6.07 Å². The zero-order chi connectivity index (χ0) is 11.8. The van der Waals surface area contributed by atoms with Crippen LogP contribution >= 0.6 is 11.6 Å². The Morgan fingerprint density at radius 2 is 1.87 bits per heavy atom. The van der Waals surface area contributed by atoms with Crippen molar-refractivity contribution in [2.75, 3.05) is 5.73 Å². The lowest BCUT2D eigenvalue weighted by molar-refractivity contribution is -0.140. The summed E-state index contributed by atoms with van der Waals surface area (Å²) in [7, 11) is 0. The largest absolute Gasteiger partial charge is 0.435 e. The molecule has 1 heterocycles. The molecule has 0 saturated heterocycles. The molecule has 2 N–H and O–H groups in total. The van der Waals surface area contributed by atoms with Crippen LogP contribution in [0, 0.1) is 0 Å². The van der Waals surface area contributed by atoms with Gasteiger partial charge >= 0.3 is 6.18 Å². The third-order valence-electron chi connectivity index (χ3n) is 1.52. The van der Waals surface area contributed by atoms with Crippen molar-refractivity contribution in [3.8, 4) is 0 Å². The number of anilines is 1. The van der Waals surface area contributed by atoms with Crippen molar-refractivity contribution in [2.24, 2.45) is 0 Å². The second-order valence-corrected chi connectivity index (χ2v) is 3.00. The number of aromatic nitrogens is 1. The van der Waals surface area contributed by atoms with Gasteiger partial charge in [0.1, 0.15) is 5.69 Å². The van der Waals surface area contributed by atoms with Crippen LogP contribution < -0.4 is 5.73 Å². The van der Waals surface area contributed by atoms with Crippen molar-refractivity contribution in [3.63, 3.8) is 0 Å². The maximum atomic E-state index is 12.2. The summed E-state index contributed by atoms with van der Waals surface area (Å²) < 4.78 is 60.9. The van der Waals surface area contributed by atoms with Crippen LogP contribution in [0.15, 0.2) is 6.07 Å². The lowest BCUT2D eigenvalue weighted by Gasteiger charge is -2.11. The fourth-order valence-electron chi connectivity index (χ4n) is 0.870. The van der Waals surface area contributed by atoms with E-state index in [0.717, 1.165) is 0 Å². The van der Waals surface area contributed by atoms with E-state index in [0.29, 0.717) is 6.07 Å². The van der Waals surface area contributed by atoms with Crippen LogP contribution in [0.4, 0.5) is 27.6 Å². The van der Waals surface area contributed by atoms with Gasteiger partial charge in [0.05, 0.1) is 10.7 Å². The molecule has 0 spiro atoms. The van der Waals surface area contributed by atoms with Gasteiger partial charge in [0, 0.05) is 0 Å². The first-order valence-corrected chi connectivity index (χ1v) is 3.92. The molecule has 1 aromatic heterocycles. The van der Waals surface area contributed by atoms with Gasteiger partial charge < -0.3 is 5.73 Å². The molecule has 0 aromatic carbocycles. The average molecular weight is 247 g/mol. The van der Waals surface area contributed by atoms with E-state index < -0.39 is 34.7 Å². The molecule has 0 radical (unpaired) electrons. The SMILES string of the molecule is Nc1c(Cl)cc(C(F)F)nc1C(F)(F)F. The Morgan fingerprint density at radius 1 is 1.33 bits per heavy atom. The van der Waals surface area contributed by atoms with Crippen molar-refractivity contribution in [3.05, 3.63) is 22.5 Å². The first-order valence-electron chi connectivity index (χ1n) is 3.54. The van der Waals surface area contributed by atoms with Crippen LogP contribution in [-0.2, 0) is 6.18 Å². The number of nitrogens with zero attached hydrogens (tertiary/aromatic N) is 1. The van der Waals surface area contributed by atoms with Crippen LogP contribution in [0.25, 0.3) is 0 Å². The van der Waals surface area contributed by atoms with E-state index >= 15 is 0 Å². The molecule has 0 atom stereocenters. The zero-order valence-corrected chi connectivity index (χ0v) is 7.70. The number of hydrogen-bond acceptors (Lipinski definition) is 2. The zero-order valence-electron chi connectivity index (χ0n) is 6.95. The van der Waals surface area contributed by atoms with E-state index in [9.17, 15) is 22.0 Å². The standard InChI is InChI=1S/C7H4ClF5N2/c8-2-1-3(6(9)10)15-5(4(2)14)7(11,12)13/h1,6H,14H2. The molecule has 0 aliphatic heterocycles. The summed E-state index contributed by atoms with van der Waals surface area (Å²) in [5.41, 5.74) is 1.48. The third-order valence-corrected chi connectivity index (χ3v) is 1.83. The number of hydrogen-bond donors (Lipinski definition) is 1. The van der Waals surface area contributed by atoms with Crippen LogP contribution in [-0.4, -0.2) is 4.98 Å². The van der Waals surface area contributed by atoms with E-state index in [2.05, 4.69) is 4.98 Å². The summed E-state index contributed by atoms with van der Waals surface area (Å²) in [6, 6.07) is 0.608. The van der Waals surface area contributed by atoms with Gasteiger partial charge in [-0.1, -0.05) is 11.6 Å². The maximum Gasteiger partial charge on any atom is 0.435 e. The minimum absolute atomic E-state index is 0.590. The smallest absolute Gasteiger partial charge is 0.396 e. The lowest BCUT2D eigenvalue weighted by Crippen LogP contribution is -2.13. The molecule has 84 valence electrons. The topological polar surface area (TPSA) is 38.9 Å². The molecular formula is C7H4ClF5N2. The second-order valence-electron chi connectivity index (χ2n) is 2.59. The van der Waals surface area contributed by atoms with Gasteiger partial charge in [-0.15, -0.1) is 0 Å². The third kappa shape index (κ3) is 2.47. The van der Waals surface area contributed by atoms with Crippen molar-refractivity contribution in [1.29, 1.82) is 0 Å². The Hall–Kier alpha value is -1.11. The van der Waals surface area contributed by atoms with Crippen LogP contribution in [0.5, 0.6) is 0 Å². The molecule has 1 rings (SSSR count). The maximum absolute atomic E-state index is 12.2. The summed E-state index contributed by atoms with van der Waals surface area (Å²) in [5, 5.41) is -0.590. The first kappa shape index (κ1) is 12.0. The highest BCUT2D eigenvalue weighted by Gasteiger charge is 2.37. The Kier molecular flexibility index (Phi) is 3.03. The summed E-state index contributed by atoms with van der Waals surface area (Å²) in [6.45, 7) is 0. The molecule has 0 fully saturated rings. The fourth-order valence-corrected chi connectivity index (χ4v) is 1.07. The summed E-state index contributed by atoms with van der Waals surface area (Å²) in [5.74, 6) is 0. The number of pyridine rings is 1. The molecule has 0 bridgehead atoms. The van der Waals surface area contributed by atoms with Gasteiger partial charge in [-0.3, -0.25) is 0 Å². The number of rotatable bonds is 1. The summed E-state index contributed by atoms with van der Waals surface area (Å²) in [6.07, 6.45) is -8.04. The number of alkyl halides is 5. The summed E-state index contributed by atoms with van der Waals surface area (Å²) >= 11 is 5.27. The molecule has 0 amide bonds. The van der Waals surface area contributed by atoms with Gasteiger partial charge in [0.25, 0.3) is 6.43 Å². The van der Waals surface area contributed by atoms with E-state index in [1.54, 1.807) is 0 Å². The predicted molar refractivity (Wildman–Crippen MR) is 43.6 cm³/mol. The molecule has 1 aromatic rings. The van der Waals surface area contributed by atoms with Crippen LogP contribution in [0.2, 0.25) is 5.02 Å². The lowest BCUT2D eigenvalue weighted by atomic mass is 10.2. The molecule has 8 heteroatoms.